The molecule has 1 aliphatic carbocycles. The van der Waals surface area contributed by atoms with Crippen molar-refractivity contribution in [3.05, 3.63) is 18.0 Å². The maximum absolute atomic E-state index is 10.4. The minimum Gasteiger partial charge on any atom is -0.391 e. The molecule has 0 aromatic carbocycles. The fourth-order valence-electron chi connectivity index (χ4n) is 4.88. The van der Waals surface area contributed by atoms with Crippen LogP contribution >= 0.6 is 0 Å². The van der Waals surface area contributed by atoms with Gasteiger partial charge in [-0.2, -0.15) is 5.10 Å². The molecule has 0 bridgehead atoms. The first-order chi connectivity index (χ1) is 11.6. The van der Waals surface area contributed by atoms with E-state index in [9.17, 15) is 5.11 Å². The van der Waals surface area contributed by atoms with Crippen LogP contribution in [-0.2, 0) is 7.05 Å². The van der Waals surface area contributed by atoms with Crippen LogP contribution in [0.4, 0.5) is 0 Å². The fourth-order valence-corrected chi connectivity index (χ4v) is 4.88. The fraction of sp³-hybridized carbons (Fsp3) is 0.842. The highest BCUT2D eigenvalue weighted by Crippen LogP contribution is 2.37. The van der Waals surface area contributed by atoms with Crippen molar-refractivity contribution < 1.29 is 5.11 Å². The summed E-state index contributed by atoms with van der Waals surface area (Å²) in [5.74, 6) is 0.613. The molecular weight excluding hydrogens is 300 g/mol. The molecule has 0 spiro atoms. The standard InChI is InChI=1S/C19H34N4O/c1-4-23-11-7-8-15(19(23)16-12-20-22(3)14-16)13-21(2)17-9-5-6-10-18(17)24/h12,14-15,17-19,24H,4-11,13H2,1-3H3/t15-,17+,18-,19+/m0/s1. The molecule has 1 N–H and O–H groups in total. The lowest BCUT2D eigenvalue weighted by molar-refractivity contribution is 0.00676. The summed E-state index contributed by atoms with van der Waals surface area (Å²) in [5.41, 5.74) is 1.35. The molecule has 0 amide bonds. The first kappa shape index (κ1) is 17.9. The number of likely N-dealkylation sites (N-methyl/N-ethyl adjacent to an activating group) is 1. The van der Waals surface area contributed by atoms with E-state index in [0.717, 1.165) is 25.9 Å². The van der Waals surface area contributed by atoms with Gasteiger partial charge >= 0.3 is 0 Å². The summed E-state index contributed by atoms with van der Waals surface area (Å²) in [7, 11) is 4.21. The number of aliphatic hydroxyl groups excluding tert-OH is 1. The zero-order chi connectivity index (χ0) is 17.1. The van der Waals surface area contributed by atoms with Crippen molar-refractivity contribution in [2.24, 2.45) is 13.0 Å². The third-order valence-electron chi connectivity index (χ3n) is 6.12. The number of aliphatic hydroxyl groups is 1. The molecule has 5 nitrogen and oxygen atoms in total. The summed E-state index contributed by atoms with van der Waals surface area (Å²) < 4.78 is 1.92. The normalized spacial score (nSPS) is 32.4. The summed E-state index contributed by atoms with van der Waals surface area (Å²) in [6.45, 7) is 5.60. The molecule has 1 saturated heterocycles. The third kappa shape index (κ3) is 3.84. The lowest BCUT2D eigenvalue weighted by Crippen LogP contribution is -2.48. The molecule has 0 radical (unpaired) electrons. The van der Waals surface area contributed by atoms with Crippen LogP contribution < -0.4 is 0 Å². The molecule has 1 aliphatic heterocycles. The van der Waals surface area contributed by atoms with Crippen LogP contribution in [-0.4, -0.2) is 63.5 Å². The van der Waals surface area contributed by atoms with E-state index in [2.05, 4.69) is 35.1 Å². The Kier molecular flexibility index (Phi) is 5.95. The second kappa shape index (κ2) is 7.98. The van der Waals surface area contributed by atoms with Crippen molar-refractivity contribution in [3.63, 3.8) is 0 Å². The van der Waals surface area contributed by atoms with Gasteiger partial charge in [-0.05, 0) is 51.7 Å². The molecule has 4 atom stereocenters. The molecule has 1 aromatic rings. The predicted molar refractivity (Wildman–Crippen MR) is 96.8 cm³/mol. The SMILES string of the molecule is CCN1CCC[C@@H](CN(C)[C@@H]2CCCC[C@@H]2O)[C@@H]1c1cnn(C)c1. The monoisotopic (exact) mass is 334 g/mol. The smallest absolute Gasteiger partial charge is 0.0695 e. The van der Waals surface area contributed by atoms with E-state index in [1.807, 2.05) is 17.9 Å². The molecule has 2 heterocycles. The summed E-state index contributed by atoms with van der Waals surface area (Å²) >= 11 is 0. The lowest BCUT2D eigenvalue weighted by Gasteiger charge is -2.44. The second-order valence-electron chi connectivity index (χ2n) is 7.78. The van der Waals surface area contributed by atoms with Crippen LogP contribution in [0.5, 0.6) is 0 Å². The average Bonchev–Trinajstić information content (AvgIpc) is 3.01. The van der Waals surface area contributed by atoms with Gasteiger partial charge in [0.15, 0.2) is 0 Å². The molecule has 2 aliphatic rings. The molecule has 136 valence electrons. The van der Waals surface area contributed by atoms with Crippen LogP contribution in [0.25, 0.3) is 0 Å². The predicted octanol–water partition coefficient (Wildman–Crippen LogP) is 2.43. The number of piperidine rings is 1. The molecule has 2 fully saturated rings. The highest BCUT2D eigenvalue weighted by atomic mass is 16.3. The molecular formula is C19H34N4O. The molecule has 1 saturated carbocycles. The Hall–Kier alpha value is -0.910. The van der Waals surface area contributed by atoms with Crippen molar-refractivity contribution in [1.82, 2.24) is 19.6 Å². The van der Waals surface area contributed by atoms with Gasteiger partial charge in [-0.25, -0.2) is 0 Å². The number of aromatic nitrogens is 2. The average molecular weight is 335 g/mol. The Morgan fingerprint density at radius 1 is 1.25 bits per heavy atom. The van der Waals surface area contributed by atoms with Crippen molar-refractivity contribution >= 4 is 0 Å². The zero-order valence-corrected chi connectivity index (χ0v) is 15.6. The molecule has 5 heteroatoms. The van der Waals surface area contributed by atoms with E-state index in [4.69, 9.17) is 0 Å². The highest BCUT2D eigenvalue weighted by molar-refractivity contribution is 5.13. The lowest BCUT2D eigenvalue weighted by atomic mass is 9.84. The van der Waals surface area contributed by atoms with E-state index in [-0.39, 0.29) is 6.10 Å². The first-order valence-electron chi connectivity index (χ1n) is 9.71. The zero-order valence-electron chi connectivity index (χ0n) is 15.6. The Bertz CT molecular complexity index is 517. The van der Waals surface area contributed by atoms with Crippen LogP contribution in [0.15, 0.2) is 12.4 Å². The van der Waals surface area contributed by atoms with Crippen LogP contribution in [0, 0.1) is 5.92 Å². The highest BCUT2D eigenvalue weighted by Gasteiger charge is 2.35. The van der Waals surface area contributed by atoms with Gasteiger partial charge in [0.25, 0.3) is 0 Å². The topological polar surface area (TPSA) is 44.5 Å². The number of likely N-dealkylation sites (tertiary alicyclic amines) is 1. The van der Waals surface area contributed by atoms with Crippen LogP contribution in [0.3, 0.4) is 0 Å². The Morgan fingerprint density at radius 2 is 2.04 bits per heavy atom. The maximum atomic E-state index is 10.4. The van der Waals surface area contributed by atoms with Gasteiger partial charge in [0, 0.05) is 37.4 Å². The summed E-state index contributed by atoms with van der Waals surface area (Å²) in [5, 5.41) is 14.8. The van der Waals surface area contributed by atoms with Crippen LogP contribution in [0.2, 0.25) is 0 Å². The second-order valence-corrected chi connectivity index (χ2v) is 7.78. The number of aryl methyl sites for hydroxylation is 1. The van der Waals surface area contributed by atoms with Crippen molar-refractivity contribution in [1.29, 1.82) is 0 Å². The quantitative estimate of drug-likeness (QED) is 0.898. The summed E-state index contributed by atoms with van der Waals surface area (Å²) in [6.07, 6.45) is 11.2. The molecule has 24 heavy (non-hydrogen) atoms. The van der Waals surface area contributed by atoms with Gasteiger partial charge in [-0.3, -0.25) is 9.58 Å². The largest absolute Gasteiger partial charge is 0.391 e. The molecule has 1 aromatic heterocycles. The van der Waals surface area contributed by atoms with Crippen molar-refractivity contribution in [2.75, 3.05) is 26.7 Å². The van der Waals surface area contributed by atoms with Gasteiger partial charge in [-0.15, -0.1) is 0 Å². The van der Waals surface area contributed by atoms with Gasteiger partial charge in [-0.1, -0.05) is 19.8 Å². The Balaban J connectivity index is 1.73. The van der Waals surface area contributed by atoms with Gasteiger partial charge < -0.3 is 10.0 Å². The summed E-state index contributed by atoms with van der Waals surface area (Å²) in [6, 6.07) is 0.797. The van der Waals surface area contributed by atoms with Crippen molar-refractivity contribution in [2.45, 2.75) is 63.6 Å². The Labute approximate surface area is 146 Å². The molecule has 0 unspecified atom stereocenters. The van der Waals surface area contributed by atoms with E-state index >= 15 is 0 Å². The number of nitrogens with zero attached hydrogens (tertiary/aromatic N) is 4. The maximum Gasteiger partial charge on any atom is 0.0695 e. The number of hydrogen-bond acceptors (Lipinski definition) is 4. The van der Waals surface area contributed by atoms with E-state index in [0.29, 0.717) is 18.0 Å². The minimum atomic E-state index is -0.147. The van der Waals surface area contributed by atoms with E-state index in [1.165, 1.54) is 37.8 Å². The first-order valence-corrected chi connectivity index (χ1v) is 9.71. The van der Waals surface area contributed by atoms with Gasteiger partial charge in [0.1, 0.15) is 0 Å². The van der Waals surface area contributed by atoms with Crippen molar-refractivity contribution in [3.8, 4) is 0 Å². The minimum absolute atomic E-state index is 0.147. The number of hydrogen-bond donors (Lipinski definition) is 1. The van der Waals surface area contributed by atoms with E-state index < -0.39 is 0 Å². The summed E-state index contributed by atoms with van der Waals surface area (Å²) in [4.78, 5) is 5.05. The van der Waals surface area contributed by atoms with Gasteiger partial charge in [0.05, 0.1) is 12.3 Å². The number of rotatable bonds is 5. The van der Waals surface area contributed by atoms with Crippen LogP contribution in [0.1, 0.15) is 57.1 Å². The Morgan fingerprint density at radius 3 is 2.71 bits per heavy atom. The van der Waals surface area contributed by atoms with Gasteiger partial charge in [0.2, 0.25) is 0 Å². The molecule has 3 rings (SSSR count). The third-order valence-corrected chi connectivity index (χ3v) is 6.12. The van der Waals surface area contributed by atoms with E-state index in [1.54, 1.807) is 0 Å².